The number of hydrogen-bond donors (Lipinski definition) is 0. The van der Waals surface area contributed by atoms with Gasteiger partial charge in [0.15, 0.2) is 9.79 Å². The van der Waals surface area contributed by atoms with Crippen molar-refractivity contribution in [1.29, 1.82) is 0 Å². The van der Waals surface area contributed by atoms with E-state index in [1.165, 1.54) is 69.1 Å². The number of rotatable bonds is 5. The van der Waals surface area contributed by atoms with Crippen LogP contribution in [-0.4, -0.2) is 10.9 Å². The molecule has 0 amide bonds. The fourth-order valence-electron chi connectivity index (χ4n) is 7.67. The topological polar surface area (TPSA) is 9.23 Å². The molecule has 0 N–H and O–H groups in total. The highest BCUT2D eigenvalue weighted by Gasteiger charge is 2.61. The summed E-state index contributed by atoms with van der Waals surface area (Å²) in [7, 11) is 0.169. The third-order valence-electron chi connectivity index (χ3n) is 8.72. The average Bonchev–Trinajstić information content (AvgIpc) is 2.76. The van der Waals surface area contributed by atoms with E-state index in [1.807, 2.05) is 0 Å². The van der Waals surface area contributed by atoms with Crippen LogP contribution in [-0.2, 0) is 10.9 Å². The Labute approximate surface area is 191 Å². The first-order valence-corrected chi connectivity index (χ1v) is 14.0. The highest BCUT2D eigenvalue weighted by atomic mass is 32.2. The third kappa shape index (κ3) is 3.94. The summed E-state index contributed by atoms with van der Waals surface area (Å²) < 4.78 is 6.89. The molecule has 1 unspecified atom stereocenters. The van der Waals surface area contributed by atoms with E-state index in [0.717, 1.165) is 29.4 Å². The smallest absolute Gasteiger partial charge is 0.161 e. The van der Waals surface area contributed by atoms with Crippen LogP contribution in [0.5, 0.6) is 5.75 Å². The summed E-state index contributed by atoms with van der Waals surface area (Å²) >= 11 is 0. The molecule has 0 aliphatic heterocycles. The van der Waals surface area contributed by atoms with Gasteiger partial charge in [0.05, 0.1) is 17.0 Å². The van der Waals surface area contributed by atoms with E-state index >= 15 is 0 Å². The van der Waals surface area contributed by atoms with Gasteiger partial charge in [-0.15, -0.1) is 0 Å². The van der Waals surface area contributed by atoms with Crippen LogP contribution in [0, 0.1) is 23.7 Å². The van der Waals surface area contributed by atoms with Gasteiger partial charge >= 0.3 is 0 Å². The van der Waals surface area contributed by atoms with Gasteiger partial charge in [0.25, 0.3) is 0 Å². The first kappa shape index (κ1) is 20.2. The van der Waals surface area contributed by atoms with E-state index in [-0.39, 0.29) is 10.9 Å². The maximum Gasteiger partial charge on any atom is 0.161 e. The third-order valence-corrected chi connectivity index (χ3v) is 11.6. The van der Waals surface area contributed by atoms with Crippen LogP contribution in [0.2, 0.25) is 0 Å². The maximum absolute atomic E-state index is 6.40. The lowest BCUT2D eigenvalue weighted by Crippen LogP contribution is -2.54. The molecule has 5 fully saturated rings. The lowest BCUT2D eigenvalue weighted by Gasteiger charge is -2.54. The van der Waals surface area contributed by atoms with Gasteiger partial charge in [0, 0.05) is 19.3 Å². The van der Waals surface area contributed by atoms with Crippen molar-refractivity contribution in [2.75, 3.05) is 0 Å². The first-order valence-electron chi connectivity index (χ1n) is 12.7. The van der Waals surface area contributed by atoms with Crippen LogP contribution in [0.1, 0.15) is 71.1 Å². The van der Waals surface area contributed by atoms with Crippen LogP contribution in [0.3, 0.4) is 0 Å². The number of hydrogen-bond acceptors (Lipinski definition) is 1. The van der Waals surface area contributed by atoms with Crippen LogP contribution in [0.4, 0.5) is 0 Å². The van der Waals surface area contributed by atoms with Crippen molar-refractivity contribution >= 4 is 10.9 Å². The normalized spacial score (nSPS) is 37.5. The molecule has 7 rings (SSSR count). The number of ether oxygens (including phenoxy) is 1. The zero-order valence-electron chi connectivity index (χ0n) is 19.0. The van der Waals surface area contributed by atoms with E-state index in [2.05, 4.69) is 61.5 Å². The van der Waals surface area contributed by atoms with Crippen molar-refractivity contribution in [3.05, 3.63) is 54.6 Å². The highest BCUT2D eigenvalue weighted by Crippen LogP contribution is 2.61. The summed E-state index contributed by atoms with van der Waals surface area (Å²) in [6, 6.07) is 20.8. The predicted molar refractivity (Wildman–Crippen MR) is 130 cm³/mol. The second-order valence-electron chi connectivity index (χ2n) is 11.2. The highest BCUT2D eigenvalue weighted by molar-refractivity contribution is 7.98. The van der Waals surface area contributed by atoms with Gasteiger partial charge in [-0.3, -0.25) is 0 Å². The SMILES string of the molecule is CC1CCC(Oc2ccc([S+](c3ccccc3)C34CC5CC(CC(C5)C3)C4)cc2)CC1. The fraction of sp³-hybridized carbons (Fsp3) is 0.586. The van der Waals surface area contributed by atoms with Gasteiger partial charge in [0.1, 0.15) is 10.5 Å². The molecule has 0 radical (unpaired) electrons. The van der Waals surface area contributed by atoms with Crippen LogP contribution in [0.25, 0.3) is 0 Å². The summed E-state index contributed by atoms with van der Waals surface area (Å²) in [5.74, 6) is 4.91. The largest absolute Gasteiger partial charge is 0.490 e. The Kier molecular flexibility index (Phi) is 5.33. The van der Waals surface area contributed by atoms with E-state index in [1.54, 1.807) is 4.90 Å². The van der Waals surface area contributed by atoms with Gasteiger partial charge in [0.2, 0.25) is 0 Å². The van der Waals surface area contributed by atoms with Crippen molar-refractivity contribution in [1.82, 2.24) is 0 Å². The van der Waals surface area contributed by atoms with Gasteiger partial charge in [-0.2, -0.15) is 0 Å². The summed E-state index contributed by atoms with van der Waals surface area (Å²) in [4.78, 5) is 3.09. The molecule has 0 heterocycles. The Hall–Kier alpha value is -1.41. The lowest BCUT2D eigenvalue weighted by atomic mass is 9.56. The fourth-order valence-corrected chi connectivity index (χ4v) is 11.0. The minimum atomic E-state index is 0.169. The van der Waals surface area contributed by atoms with E-state index < -0.39 is 0 Å². The molecule has 1 atom stereocenters. The van der Waals surface area contributed by atoms with Crippen molar-refractivity contribution in [3.63, 3.8) is 0 Å². The van der Waals surface area contributed by atoms with E-state index in [4.69, 9.17) is 4.74 Å². The Morgan fingerprint density at radius 2 is 1.26 bits per heavy atom. The summed E-state index contributed by atoms with van der Waals surface area (Å²) in [6.45, 7) is 2.38. The molecular weight excluding hydrogens is 396 g/mol. The Balaban J connectivity index is 1.29. The Morgan fingerprint density at radius 1 is 0.710 bits per heavy atom. The minimum Gasteiger partial charge on any atom is -0.490 e. The van der Waals surface area contributed by atoms with Gasteiger partial charge in [-0.05, 0) is 105 Å². The predicted octanol–water partition coefficient (Wildman–Crippen LogP) is 7.65. The molecule has 2 aromatic carbocycles. The van der Waals surface area contributed by atoms with Crippen LogP contribution >= 0.6 is 0 Å². The molecule has 0 saturated heterocycles. The quantitative estimate of drug-likeness (QED) is 0.440. The molecule has 0 aromatic heterocycles. The maximum atomic E-state index is 6.40. The first-order chi connectivity index (χ1) is 15.2. The summed E-state index contributed by atoms with van der Waals surface area (Å²) in [6.07, 6.45) is 14.4. The van der Waals surface area contributed by atoms with Crippen molar-refractivity contribution in [2.45, 2.75) is 91.8 Å². The van der Waals surface area contributed by atoms with Crippen molar-refractivity contribution in [2.24, 2.45) is 23.7 Å². The molecule has 31 heavy (non-hydrogen) atoms. The average molecular weight is 434 g/mol. The monoisotopic (exact) mass is 433 g/mol. The summed E-state index contributed by atoms with van der Waals surface area (Å²) in [5.41, 5.74) is 0. The molecule has 4 bridgehead atoms. The molecule has 2 heteroatoms. The molecule has 5 aliphatic carbocycles. The second-order valence-corrected chi connectivity index (χ2v) is 13.6. The number of benzene rings is 2. The van der Waals surface area contributed by atoms with Crippen LogP contribution < -0.4 is 4.74 Å². The zero-order valence-corrected chi connectivity index (χ0v) is 19.8. The summed E-state index contributed by atoms with van der Waals surface area (Å²) in [5, 5.41) is 0. The Bertz CT molecular complexity index is 845. The second kappa shape index (κ2) is 8.18. The molecule has 2 aromatic rings. The molecule has 1 nitrogen and oxygen atoms in total. The van der Waals surface area contributed by atoms with Crippen LogP contribution in [0.15, 0.2) is 64.4 Å². The molecule has 5 saturated carbocycles. The minimum absolute atomic E-state index is 0.169. The van der Waals surface area contributed by atoms with Gasteiger partial charge in [-0.25, -0.2) is 0 Å². The van der Waals surface area contributed by atoms with Gasteiger partial charge in [-0.1, -0.05) is 25.1 Å². The van der Waals surface area contributed by atoms with Crippen molar-refractivity contribution in [3.8, 4) is 5.75 Å². The van der Waals surface area contributed by atoms with E-state index in [9.17, 15) is 0 Å². The Morgan fingerprint density at radius 3 is 1.84 bits per heavy atom. The molecule has 5 aliphatic rings. The van der Waals surface area contributed by atoms with E-state index in [0.29, 0.717) is 10.9 Å². The molecular formula is C29H37OS+. The zero-order chi connectivity index (χ0) is 20.8. The van der Waals surface area contributed by atoms with Crippen molar-refractivity contribution < 1.29 is 4.74 Å². The standard InChI is InChI=1S/C29H37OS/c1-21-7-9-25(10-8-21)30-26-11-13-28(14-12-26)31(27-5-3-2-4-6-27)29-18-22-15-23(19-29)17-24(16-22)20-29/h2-6,11-14,21-25H,7-10,15-20H2,1H3/q+1. The molecule has 0 spiro atoms. The molecule has 164 valence electrons. The lowest BCUT2D eigenvalue weighted by molar-refractivity contribution is 0.0367. The van der Waals surface area contributed by atoms with Gasteiger partial charge < -0.3 is 4.74 Å².